The molecule has 0 aliphatic carbocycles. The summed E-state index contributed by atoms with van der Waals surface area (Å²) in [5.74, 6) is 0.146. The number of rotatable bonds is 1. The lowest BCUT2D eigenvalue weighted by atomic mass is 10.0. The fourth-order valence-electron chi connectivity index (χ4n) is 2.37. The van der Waals surface area contributed by atoms with Crippen LogP contribution in [-0.2, 0) is 15.6 Å². The van der Waals surface area contributed by atoms with Crippen molar-refractivity contribution in [3.8, 4) is 5.75 Å². The number of hydrogen-bond acceptors (Lipinski definition) is 5. The Kier molecular flexibility index (Phi) is 2.95. The third-order valence-corrected chi connectivity index (χ3v) is 6.03. The van der Waals surface area contributed by atoms with Crippen molar-refractivity contribution in [3.63, 3.8) is 0 Å². The van der Waals surface area contributed by atoms with Gasteiger partial charge in [-0.05, 0) is 41.6 Å². The zero-order chi connectivity index (χ0) is 14.5. The fourth-order valence-corrected chi connectivity index (χ4v) is 4.99. The van der Waals surface area contributed by atoms with Crippen LogP contribution in [0.25, 0.3) is 0 Å². The van der Waals surface area contributed by atoms with E-state index in [1.54, 1.807) is 18.4 Å². The Bertz CT molecular complexity index is 816. The number of ketones is 1. The molecule has 2 aromatic rings. The number of carbonyl (C=O) groups is 1. The van der Waals surface area contributed by atoms with Gasteiger partial charge in [-0.1, -0.05) is 0 Å². The maximum absolute atomic E-state index is 12.5. The van der Waals surface area contributed by atoms with Crippen LogP contribution >= 0.6 is 11.3 Å². The summed E-state index contributed by atoms with van der Waals surface area (Å²) in [6, 6.07) is 4.75. The molecule has 1 aliphatic heterocycles. The third kappa shape index (κ3) is 1.87. The summed E-state index contributed by atoms with van der Waals surface area (Å²) in [7, 11) is -2.01. The minimum atomic E-state index is -3.51. The first-order valence-corrected chi connectivity index (χ1v) is 8.49. The Morgan fingerprint density at radius 1 is 1.30 bits per heavy atom. The van der Waals surface area contributed by atoms with Crippen molar-refractivity contribution in [3.05, 3.63) is 45.1 Å². The van der Waals surface area contributed by atoms with E-state index in [-0.39, 0.29) is 22.0 Å². The van der Waals surface area contributed by atoms with Gasteiger partial charge in [0.05, 0.1) is 22.6 Å². The van der Waals surface area contributed by atoms with Crippen LogP contribution in [-0.4, -0.2) is 21.3 Å². The van der Waals surface area contributed by atoms with E-state index >= 15 is 0 Å². The van der Waals surface area contributed by atoms with Gasteiger partial charge in [0.25, 0.3) is 0 Å². The highest BCUT2D eigenvalue weighted by atomic mass is 32.2. The van der Waals surface area contributed by atoms with Gasteiger partial charge >= 0.3 is 0 Å². The van der Waals surface area contributed by atoms with Crippen molar-refractivity contribution in [2.75, 3.05) is 7.11 Å². The Morgan fingerprint density at radius 3 is 2.75 bits per heavy atom. The molecule has 6 heteroatoms. The number of hydrogen-bond donors (Lipinski definition) is 0. The van der Waals surface area contributed by atoms with Gasteiger partial charge in [0.1, 0.15) is 5.75 Å². The Balaban J connectivity index is 2.37. The molecule has 4 nitrogen and oxygen atoms in total. The first-order chi connectivity index (χ1) is 9.44. The molecular formula is C14H12O4S2. The lowest BCUT2D eigenvalue weighted by molar-refractivity contribution is 0.103. The van der Waals surface area contributed by atoms with Crippen LogP contribution in [0.15, 0.2) is 28.5 Å². The van der Waals surface area contributed by atoms with E-state index in [2.05, 4.69) is 0 Å². The molecule has 20 heavy (non-hydrogen) atoms. The number of sulfone groups is 1. The minimum absolute atomic E-state index is 0.101. The molecule has 0 spiro atoms. The smallest absolute Gasteiger partial charge is 0.204 e. The van der Waals surface area contributed by atoms with Crippen molar-refractivity contribution in [1.82, 2.24) is 0 Å². The first kappa shape index (κ1) is 13.3. The van der Waals surface area contributed by atoms with Crippen molar-refractivity contribution >= 4 is 27.0 Å². The molecule has 0 amide bonds. The summed E-state index contributed by atoms with van der Waals surface area (Å²) in [5, 5.41) is 1.74. The van der Waals surface area contributed by atoms with Gasteiger partial charge in [0.15, 0.2) is 9.84 Å². The largest absolute Gasteiger partial charge is 0.496 e. The second-order valence-corrected chi connectivity index (χ2v) is 7.56. The van der Waals surface area contributed by atoms with E-state index in [0.717, 1.165) is 0 Å². The van der Waals surface area contributed by atoms with Crippen molar-refractivity contribution in [2.24, 2.45) is 0 Å². The Labute approximate surface area is 120 Å². The summed E-state index contributed by atoms with van der Waals surface area (Å²) >= 11 is 1.27. The summed E-state index contributed by atoms with van der Waals surface area (Å²) in [5.41, 5.74) is 1.48. The zero-order valence-corrected chi connectivity index (χ0v) is 12.6. The highest BCUT2D eigenvalue weighted by Crippen LogP contribution is 2.35. The van der Waals surface area contributed by atoms with Gasteiger partial charge in [-0.15, -0.1) is 11.3 Å². The van der Waals surface area contributed by atoms with Gasteiger partial charge in [-0.3, -0.25) is 4.79 Å². The van der Waals surface area contributed by atoms with Crippen molar-refractivity contribution < 1.29 is 17.9 Å². The lowest BCUT2D eigenvalue weighted by Crippen LogP contribution is -2.08. The quantitative estimate of drug-likeness (QED) is 0.812. The van der Waals surface area contributed by atoms with Crippen LogP contribution in [0.1, 0.15) is 26.4 Å². The van der Waals surface area contributed by atoms with E-state index in [9.17, 15) is 13.2 Å². The average Bonchev–Trinajstić information content (AvgIpc) is 2.82. The van der Waals surface area contributed by atoms with Gasteiger partial charge in [-0.2, -0.15) is 0 Å². The second kappa shape index (κ2) is 4.43. The zero-order valence-electron chi connectivity index (χ0n) is 11.0. The van der Waals surface area contributed by atoms with E-state index in [1.807, 2.05) is 0 Å². The molecule has 0 fully saturated rings. The number of benzene rings is 1. The molecule has 3 rings (SSSR count). The monoisotopic (exact) mass is 308 g/mol. The molecule has 104 valence electrons. The lowest BCUT2D eigenvalue weighted by Gasteiger charge is -2.10. The number of ether oxygens (including phenoxy) is 1. The van der Waals surface area contributed by atoms with Gasteiger partial charge < -0.3 is 4.74 Å². The number of thiophene rings is 1. The molecule has 1 aromatic carbocycles. The summed E-state index contributed by atoms with van der Waals surface area (Å²) in [6.07, 6.45) is 0. The standard InChI is InChI=1S/C14H12O4S2/c1-8-5-12-10(6-11(8)18-2)13(15)14-9(3-4-19-14)7-20(12,16)17/h3-6H,7H2,1-2H3. The van der Waals surface area contributed by atoms with Crippen LogP contribution in [0, 0.1) is 6.92 Å². The van der Waals surface area contributed by atoms with Crippen LogP contribution in [0.2, 0.25) is 0 Å². The first-order valence-electron chi connectivity index (χ1n) is 5.96. The van der Waals surface area contributed by atoms with Crippen LogP contribution < -0.4 is 4.74 Å². The Hall–Kier alpha value is -1.66. The van der Waals surface area contributed by atoms with Crippen LogP contribution in [0.3, 0.4) is 0 Å². The SMILES string of the molecule is COc1cc2c(cc1C)S(=O)(=O)Cc1ccsc1C2=O. The molecule has 0 unspecified atom stereocenters. The normalized spacial score (nSPS) is 16.2. The number of carbonyl (C=O) groups excluding carboxylic acids is 1. The molecule has 0 saturated heterocycles. The Morgan fingerprint density at radius 2 is 2.05 bits per heavy atom. The predicted molar refractivity (Wildman–Crippen MR) is 76.4 cm³/mol. The van der Waals surface area contributed by atoms with E-state index in [0.29, 0.717) is 21.8 Å². The number of methoxy groups -OCH3 is 1. The average molecular weight is 308 g/mol. The molecule has 0 radical (unpaired) electrons. The maximum Gasteiger partial charge on any atom is 0.204 e. The van der Waals surface area contributed by atoms with Crippen LogP contribution in [0.4, 0.5) is 0 Å². The molecule has 0 N–H and O–H groups in total. The highest BCUT2D eigenvalue weighted by molar-refractivity contribution is 7.90. The molecular weight excluding hydrogens is 296 g/mol. The molecule has 0 saturated carbocycles. The van der Waals surface area contributed by atoms with E-state index < -0.39 is 9.84 Å². The van der Waals surface area contributed by atoms with Gasteiger partial charge in [0.2, 0.25) is 5.78 Å². The summed E-state index contributed by atoms with van der Waals surface area (Å²) in [4.78, 5) is 13.1. The van der Waals surface area contributed by atoms with Gasteiger partial charge in [-0.25, -0.2) is 8.42 Å². The second-order valence-electron chi connectivity index (χ2n) is 4.68. The van der Waals surface area contributed by atoms with Crippen molar-refractivity contribution in [2.45, 2.75) is 17.6 Å². The summed E-state index contributed by atoms with van der Waals surface area (Å²) in [6.45, 7) is 1.76. The fraction of sp³-hybridized carbons (Fsp3) is 0.214. The van der Waals surface area contributed by atoms with Crippen molar-refractivity contribution in [1.29, 1.82) is 0 Å². The third-order valence-electron chi connectivity index (χ3n) is 3.38. The van der Waals surface area contributed by atoms with E-state index in [4.69, 9.17) is 4.74 Å². The number of aryl methyl sites for hydroxylation is 1. The number of fused-ring (bicyclic) bond motifs is 2. The molecule has 1 aromatic heterocycles. The maximum atomic E-state index is 12.5. The predicted octanol–water partition coefficient (Wildman–Crippen LogP) is 2.58. The van der Waals surface area contributed by atoms with Crippen LogP contribution in [0.5, 0.6) is 5.75 Å². The molecule has 1 aliphatic rings. The topological polar surface area (TPSA) is 60.4 Å². The molecule has 0 atom stereocenters. The highest BCUT2D eigenvalue weighted by Gasteiger charge is 2.32. The van der Waals surface area contributed by atoms with Gasteiger partial charge in [0, 0.05) is 5.56 Å². The summed E-state index contributed by atoms with van der Waals surface area (Å²) < 4.78 is 30.1. The molecule has 0 bridgehead atoms. The minimum Gasteiger partial charge on any atom is -0.496 e. The van der Waals surface area contributed by atoms with E-state index in [1.165, 1.54) is 30.6 Å². The molecule has 2 heterocycles.